The summed E-state index contributed by atoms with van der Waals surface area (Å²) >= 11 is 0. The van der Waals surface area contributed by atoms with Gasteiger partial charge in [0, 0.05) is 11.3 Å². The predicted molar refractivity (Wildman–Crippen MR) is 81.2 cm³/mol. The second-order valence-electron chi connectivity index (χ2n) is 4.50. The van der Waals surface area contributed by atoms with E-state index in [1.165, 1.54) is 0 Å². The predicted octanol–water partition coefficient (Wildman–Crippen LogP) is 3.57. The number of carboxylic acids is 1. The first-order valence-corrected chi connectivity index (χ1v) is 6.51. The van der Waals surface area contributed by atoms with Gasteiger partial charge in [-0.15, -0.1) is 0 Å². The number of hydrogen-bond donors (Lipinski definition) is 2. The topological polar surface area (TPSA) is 63.3 Å². The molecule has 0 fully saturated rings. The summed E-state index contributed by atoms with van der Waals surface area (Å²) in [6.45, 7) is 1.85. The van der Waals surface area contributed by atoms with Gasteiger partial charge in [-0.1, -0.05) is 49.4 Å². The van der Waals surface area contributed by atoms with Crippen LogP contribution < -0.4 is 5.73 Å². The van der Waals surface area contributed by atoms with Gasteiger partial charge in [0.2, 0.25) is 0 Å². The molecule has 3 nitrogen and oxygen atoms in total. The Hall–Kier alpha value is -2.55. The van der Waals surface area contributed by atoms with Gasteiger partial charge in [-0.2, -0.15) is 0 Å². The molecule has 0 aliphatic carbocycles. The number of carboxylic acid groups (broad SMARTS) is 1. The van der Waals surface area contributed by atoms with Crippen LogP contribution in [0.1, 0.15) is 24.5 Å². The summed E-state index contributed by atoms with van der Waals surface area (Å²) in [6, 6.07) is 16.8. The number of rotatable bonds is 4. The zero-order chi connectivity index (χ0) is 14.5. The Bertz CT molecular complexity index is 628. The standard InChI is InChI=1S/C17H17NO2/c1-2-15(17(19)20)16(12-6-4-3-5-7-12)13-8-10-14(18)11-9-13/h3-11H,2,18H2,1H3,(H,19,20). The van der Waals surface area contributed by atoms with Crippen molar-refractivity contribution < 1.29 is 9.90 Å². The molecule has 0 aliphatic rings. The SMILES string of the molecule is CCC(C(=O)O)=C(c1ccccc1)c1ccc(N)cc1. The lowest BCUT2D eigenvalue weighted by atomic mass is 9.92. The van der Waals surface area contributed by atoms with E-state index in [9.17, 15) is 9.90 Å². The Labute approximate surface area is 118 Å². The Balaban J connectivity index is 2.67. The minimum atomic E-state index is -0.886. The molecule has 0 saturated heterocycles. The van der Waals surface area contributed by atoms with Crippen molar-refractivity contribution in [3.8, 4) is 0 Å². The summed E-state index contributed by atoms with van der Waals surface area (Å²) in [5, 5.41) is 9.44. The molecule has 0 heterocycles. The first-order chi connectivity index (χ1) is 9.63. The van der Waals surface area contributed by atoms with Gasteiger partial charge in [0.15, 0.2) is 0 Å². The molecular weight excluding hydrogens is 250 g/mol. The van der Waals surface area contributed by atoms with E-state index in [4.69, 9.17) is 5.73 Å². The molecule has 0 spiro atoms. The number of hydrogen-bond acceptors (Lipinski definition) is 2. The fourth-order valence-corrected chi connectivity index (χ4v) is 2.20. The minimum Gasteiger partial charge on any atom is -0.478 e. The summed E-state index contributed by atoms with van der Waals surface area (Å²) in [6.07, 6.45) is 0.462. The van der Waals surface area contributed by atoms with Crippen molar-refractivity contribution in [3.05, 3.63) is 71.3 Å². The highest BCUT2D eigenvalue weighted by Gasteiger charge is 2.15. The molecule has 2 aromatic carbocycles. The molecule has 0 amide bonds. The Kier molecular flexibility index (Phi) is 4.20. The molecule has 0 atom stereocenters. The van der Waals surface area contributed by atoms with E-state index in [1.807, 2.05) is 49.4 Å². The van der Waals surface area contributed by atoms with E-state index >= 15 is 0 Å². The van der Waals surface area contributed by atoms with E-state index in [0.717, 1.165) is 16.7 Å². The smallest absolute Gasteiger partial charge is 0.332 e. The van der Waals surface area contributed by atoms with Crippen LogP contribution in [-0.4, -0.2) is 11.1 Å². The van der Waals surface area contributed by atoms with Crippen LogP contribution >= 0.6 is 0 Å². The van der Waals surface area contributed by atoms with E-state index in [-0.39, 0.29) is 0 Å². The molecule has 102 valence electrons. The van der Waals surface area contributed by atoms with E-state index < -0.39 is 5.97 Å². The number of benzene rings is 2. The fraction of sp³-hybridized carbons (Fsp3) is 0.118. The lowest BCUT2D eigenvalue weighted by molar-refractivity contribution is -0.132. The first kappa shape index (κ1) is 13.9. The molecular formula is C17H17NO2. The molecule has 20 heavy (non-hydrogen) atoms. The van der Waals surface area contributed by atoms with Crippen molar-refractivity contribution in [2.45, 2.75) is 13.3 Å². The summed E-state index contributed by atoms with van der Waals surface area (Å²) in [7, 11) is 0. The van der Waals surface area contributed by atoms with Crippen molar-refractivity contribution in [2.24, 2.45) is 0 Å². The minimum absolute atomic E-state index is 0.404. The summed E-state index contributed by atoms with van der Waals surface area (Å²) in [5.41, 5.74) is 9.28. The number of carbonyl (C=O) groups is 1. The lowest BCUT2D eigenvalue weighted by Gasteiger charge is -2.13. The van der Waals surface area contributed by atoms with Gasteiger partial charge in [-0.05, 0) is 35.3 Å². The third-order valence-electron chi connectivity index (χ3n) is 3.18. The van der Waals surface area contributed by atoms with Crippen LogP contribution in [0.2, 0.25) is 0 Å². The molecule has 2 rings (SSSR count). The summed E-state index contributed by atoms with van der Waals surface area (Å²) in [5.74, 6) is -0.886. The molecule has 0 radical (unpaired) electrons. The van der Waals surface area contributed by atoms with Crippen LogP contribution in [0.3, 0.4) is 0 Å². The third-order valence-corrected chi connectivity index (χ3v) is 3.18. The second kappa shape index (κ2) is 6.06. The fourth-order valence-electron chi connectivity index (χ4n) is 2.20. The van der Waals surface area contributed by atoms with Gasteiger partial charge in [0.05, 0.1) is 0 Å². The molecule has 0 unspecified atom stereocenters. The Morgan fingerprint density at radius 2 is 1.55 bits per heavy atom. The van der Waals surface area contributed by atoms with E-state index in [1.54, 1.807) is 12.1 Å². The average Bonchev–Trinajstić information content (AvgIpc) is 2.46. The maximum absolute atomic E-state index is 11.5. The van der Waals surface area contributed by atoms with Gasteiger partial charge < -0.3 is 10.8 Å². The molecule has 0 aromatic heterocycles. The first-order valence-electron chi connectivity index (χ1n) is 6.51. The molecule has 0 aliphatic heterocycles. The zero-order valence-electron chi connectivity index (χ0n) is 11.3. The summed E-state index contributed by atoms with van der Waals surface area (Å²) < 4.78 is 0. The number of nitrogen functional groups attached to an aromatic ring is 1. The van der Waals surface area contributed by atoms with Gasteiger partial charge in [-0.25, -0.2) is 4.79 Å². The maximum atomic E-state index is 11.5. The molecule has 3 N–H and O–H groups in total. The number of aliphatic carboxylic acids is 1. The third kappa shape index (κ3) is 2.88. The van der Waals surface area contributed by atoms with Gasteiger partial charge in [-0.3, -0.25) is 0 Å². The normalized spacial score (nSPS) is 11.8. The van der Waals surface area contributed by atoms with Crippen molar-refractivity contribution in [2.75, 3.05) is 5.73 Å². The van der Waals surface area contributed by atoms with E-state index in [0.29, 0.717) is 17.7 Å². The Morgan fingerprint density at radius 1 is 1.00 bits per heavy atom. The number of anilines is 1. The average molecular weight is 267 g/mol. The van der Waals surface area contributed by atoms with E-state index in [2.05, 4.69) is 0 Å². The van der Waals surface area contributed by atoms with Crippen LogP contribution in [0.4, 0.5) is 5.69 Å². The van der Waals surface area contributed by atoms with Crippen LogP contribution in [-0.2, 0) is 4.79 Å². The largest absolute Gasteiger partial charge is 0.478 e. The molecule has 3 heteroatoms. The highest BCUT2D eigenvalue weighted by Crippen LogP contribution is 2.29. The van der Waals surface area contributed by atoms with Crippen molar-refractivity contribution in [1.29, 1.82) is 0 Å². The second-order valence-corrected chi connectivity index (χ2v) is 4.50. The zero-order valence-corrected chi connectivity index (χ0v) is 11.3. The Morgan fingerprint density at radius 3 is 2.05 bits per heavy atom. The van der Waals surface area contributed by atoms with Gasteiger partial charge in [0.25, 0.3) is 0 Å². The number of nitrogens with two attached hydrogens (primary N) is 1. The highest BCUT2D eigenvalue weighted by atomic mass is 16.4. The van der Waals surface area contributed by atoms with Crippen molar-refractivity contribution in [3.63, 3.8) is 0 Å². The van der Waals surface area contributed by atoms with Crippen molar-refractivity contribution >= 4 is 17.2 Å². The van der Waals surface area contributed by atoms with Gasteiger partial charge >= 0.3 is 5.97 Å². The quantitative estimate of drug-likeness (QED) is 0.657. The summed E-state index contributed by atoms with van der Waals surface area (Å²) in [4.78, 5) is 11.5. The van der Waals surface area contributed by atoms with Gasteiger partial charge in [0.1, 0.15) is 0 Å². The maximum Gasteiger partial charge on any atom is 0.332 e. The molecule has 0 bridgehead atoms. The van der Waals surface area contributed by atoms with Crippen molar-refractivity contribution in [1.82, 2.24) is 0 Å². The van der Waals surface area contributed by atoms with Crippen LogP contribution in [0, 0.1) is 0 Å². The van der Waals surface area contributed by atoms with Crippen LogP contribution in [0.15, 0.2) is 60.2 Å². The monoisotopic (exact) mass is 267 g/mol. The molecule has 0 saturated carbocycles. The molecule has 2 aromatic rings. The highest BCUT2D eigenvalue weighted by molar-refractivity contribution is 6.00. The lowest BCUT2D eigenvalue weighted by Crippen LogP contribution is -2.05. The van der Waals surface area contributed by atoms with Crippen LogP contribution in [0.25, 0.3) is 5.57 Å². The van der Waals surface area contributed by atoms with Crippen LogP contribution in [0.5, 0.6) is 0 Å².